The van der Waals surface area contributed by atoms with Crippen molar-refractivity contribution in [3.05, 3.63) is 106 Å². The molecule has 7 heteroatoms. The van der Waals surface area contributed by atoms with Gasteiger partial charge in [0.05, 0.1) is 4.92 Å². The Bertz CT molecular complexity index is 963. The minimum absolute atomic E-state index is 0. The lowest BCUT2D eigenvalue weighted by Gasteiger charge is -2.19. The van der Waals surface area contributed by atoms with Crippen molar-refractivity contribution >= 4 is 29.7 Å². The molecule has 1 amide bonds. The maximum atomic E-state index is 12.5. The van der Waals surface area contributed by atoms with Crippen LogP contribution in [0.3, 0.4) is 0 Å². The Hall–Kier alpha value is -3.22. The van der Waals surface area contributed by atoms with Crippen LogP contribution in [0.2, 0.25) is 0 Å². The lowest BCUT2D eigenvalue weighted by molar-refractivity contribution is -0.384. The van der Waals surface area contributed by atoms with Crippen LogP contribution in [0.4, 0.5) is 11.4 Å². The van der Waals surface area contributed by atoms with Crippen LogP contribution >= 0.6 is 12.4 Å². The molecule has 0 radical (unpaired) electrons. The van der Waals surface area contributed by atoms with Crippen molar-refractivity contribution < 1.29 is 9.72 Å². The summed E-state index contributed by atoms with van der Waals surface area (Å²) in [5.74, 6) is -0.298. The number of carbonyl (C=O) groups is 1. The molecule has 0 aliphatic carbocycles. The Labute approximate surface area is 175 Å². The first-order valence-corrected chi connectivity index (χ1v) is 8.89. The molecule has 0 aromatic heterocycles. The minimum Gasteiger partial charge on any atom is -0.322 e. The van der Waals surface area contributed by atoms with E-state index in [9.17, 15) is 14.9 Å². The number of nitro benzene ring substituents is 1. The third kappa shape index (κ3) is 6.14. The summed E-state index contributed by atoms with van der Waals surface area (Å²) in [5.41, 5.74) is 3.27. The number of benzene rings is 3. The first-order valence-electron chi connectivity index (χ1n) is 8.89. The second kappa shape index (κ2) is 10.4. The van der Waals surface area contributed by atoms with Crippen LogP contribution in [0.5, 0.6) is 0 Å². The SMILES string of the molecule is CN(Cc1ccccc1)Cc1ccccc1NC(=O)c1ccc([N+](=O)[O-])cc1.Cl. The molecule has 3 aromatic carbocycles. The topological polar surface area (TPSA) is 75.5 Å². The summed E-state index contributed by atoms with van der Waals surface area (Å²) in [6.07, 6.45) is 0. The zero-order valence-corrected chi connectivity index (χ0v) is 16.8. The molecule has 150 valence electrons. The Morgan fingerprint density at radius 2 is 1.55 bits per heavy atom. The van der Waals surface area contributed by atoms with Crippen molar-refractivity contribution in [2.24, 2.45) is 0 Å². The van der Waals surface area contributed by atoms with Crippen molar-refractivity contribution in [3.8, 4) is 0 Å². The van der Waals surface area contributed by atoms with Gasteiger partial charge in [0.2, 0.25) is 0 Å². The van der Waals surface area contributed by atoms with Crippen LogP contribution in [0, 0.1) is 10.1 Å². The van der Waals surface area contributed by atoms with E-state index in [0.717, 1.165) is 17.8 Å². The summed E-state index contributed by atoms with van der Waals surface area (Å²) in [6.45, 7) is 1.47. The highest BCUT2D eigenvalue weighted by Crippen LogP contribution is 2.20. The quantitative estimate of drug-likeness (QED) is 0.443. The van der Waals surface area contributed by atoms with Crippen molar-refractivity contribution in [1.82, 2.24) is 4.90 Å². The number of hydrogen-bond acceptors (Lipinski definition) is 4. The van der Waals surface area contributed by atoms with E-state index in [2.05, 4.69) is 22.3 Å². The standard InChI is InChI=1S/C22H21N3O3.ClH/c1-24(15-17-7-3-2-4-8-17)16-19-9-5-6-10-21(19)23-22(26)18-11-13-20(14-12-18)25(27)28;/h2-14H,15-16H2,1H3,(H,23,26);1H. The predicted molar refractivity (Wildman–Crippen MR) is 116 cm³/mol. The Kier molecular flexibility index (Phi) is 7.88. The number of carbonyl (C=O) groups excluding carboxylic acids is 1. The van der Waals surface area contributed by atoms with E-state index in [1.807, 2.05) is 49.5 Å². The molecule has 0 bridgehead atoms. The van der Waals surface area contributed by atoms with E-state index in [0.29, 0.717) is 12.1 Å². The van der Waals surface area contributed by atoms with Crippen LogP contribution in [-0.4, -0.2) is 22.8 Å². The van der Waals surface area contributed by atoms with Gasteiger partial charge in [0.15, 0.2) is 0 Å². The molecule has 0 heterocycles. The largest absolute Gasteiger partial charge is 0.322 e. The maximum Gasteiger partial charge on any atom is 0.269 e. The highest BCUT2D eigenvalue weighted by Gasteiger charge is 2.12. The van der Waals surface area contributed by atoms with Crippen molar-refractivity contribution in [2.75, 3.05) is 12.4 Å². The Balaban J connectivity index is 0.00000300. The fourth-order valence-corrected chi connectivity index (χ4v) is 2.95. The zero-order chi connectivity index (χ0) is 19.9. The summed E-state index contributed by atoms with van der Waals surface area (Å²) in [6, 6.07) is 23.4. The van der Waals surface area contributed by atoms with E-state index in [1.54, 1.807) is 0 Å². The van der Waals surface area contributed by atoms with E-state index < -0.39 is 4.92 Å². The molecular weight excluding hydrogens is 390 g/mol. The first kappa shape index (κ1) is 22.1. The molecule has 0 spiro atoms. The highest BCUT2D eigenvalue weighted by atomic mass is 35.5. The van der Waals surface area contributed by atoms with Gasteiger partial charge in [0.1, 0.15) is 0 Å². The molecule has 3 rings (SSSR count). The average Bonchev–Trinajstić information content (AvgIpc) is 2.70. The van der Waals surface area contributed by atoms with Gasteiger partial charge in [0, 0.05) is 36.5 Å². The molecule has 6 nitrogen and oxygen atoms in total. The number of hydrogen-bond donors (Lipinski definition) is 1. The number of anilines is 1. The molecule has 0 fully saturated rings. The van der Waals surface area contributed by atoms with Gasteiger partial charge in [-0.2, -0.15) is 0 Å². The van der Waals surface area contributed by atoms with Gasteiger partial charge in [0.25, 0.3) is 11.6 Å². The molecule has 0 saturated heterocycles. The number of amides is 1. The molecule has 0 aliphatic heterocycles. The summed E-state index contributed by atoms with van der Waals surface area (Å²) in [7, 11) is 2.03. The van der Waals surface area contributed by atoms with Crippen LogP contribution in [0.25, 0.3) is 0 Å². The fourth-order valence-electron chi connectivity index (χ4n) is 2.95. The number of non-ortho nitro benzene ring substituents is 1. The summed E-state index contributed by atoms with van der Waals surface area (Å²) in [4.78, 5) is 25.0. The summed E-state index contributed by atoms with van der Waals surface area (Å²) in [5, 5.41) is 13.7. The number of nitrogens with zero attached hydrogens (tertiary/aromatic N) is 2. The molecule has 3 aromatic rings. The highest BCUT2D eigenvalue weighted by molar-refractivity contribution is 6.04. The number of nitrogens with one attached hydrogen (secondary N) is 1. The molecule has 0 atom stereocenters. The van der Waals surface area contributed by atoms with E-state index in [4.69, 9.17) is 0 Å². The number of halogens is 1. The molecule has 0 aliphatic rings. The molecule has 0 unspecified atom stereocenters. The number of nitro groups is 1. The van der Waals surface area contributed by atoms with Gasteiger partial charge < -0.3 is 5.32 Å². The van der Waals surface area contributed by atoms with Gasteiger partial charge in [-0.05, 0) is 36.4 Å². The second-order valence-corrected chi connectivity index (χ2v) is 6.57. The lowest BCUT2D eigenvalue weighted by Crippen LogP contribution is -2.19. The van der Waals surface area contributed by atoms with Gasteiger partial charge >= 0.3 is 0 Å². The van der Waals surface area contributed by atoms with Gasteiger partial charge in [-0.3, -0.25) is 19.8 Å². The van der Waals surface area contributed by atoms with E-state index in [1.165, 1.54) is 29.8 Å². The number of para-hydroxylation sites is 1. The van der Waals surface area contributed by atoms with Crippen LogP contribution in [0.1, 0.15) is 21.5 Å². The van der Waals surface area contributed by atoms with E-state index >= 15 is 0 Å². The third-order valence-electron chi connectivity index (χ3n) is 4.34. The summed E-state index contributed by atoms with van der Waals surface area (Å²) >= 11 is 0. The monoisotopic (exact) mass is 411 g/mol. The van der Waals surface area contributed by atoms with Crippen molar-refractivity contribution in [1.29, 1.82) is 0 Å². The van der Waals surface area contributed by atoms with E-state index in [-0.39, 0.29) is 24.0 Å². The fraction of sp³-hybridized carbons (Fsp3) is 0.136. The van der Waals surface area contributed by atoms with Gasteiger partial charge in [-0.15, -0.1) is 12.4 Å². The van der Waals surface area contributed by atoms with Gasteiger partial charge in [-0.25, -0.2) is 0 Å². The van der Waals surface area contributed by atoms with Crippen LogP contribution in [0.15, 0.2) is 78.9 Å². The second-order valence-electron chi connectivity index (χ2n) is 6.57. The average molecular weight is 412 g/mol. The Morgan fingerprint density at radius 1 is 0.931 bits per heavy atom. The number of rotatable bonds is 7. The lowest BCUT2D eigenvalue weighted by atomic mass is 10.1. The summed E-state index contributed by atoms with van der Waals surface area (Å²) < 4.78 is 0. The molecular formula is C22H22ClN3O3. The third-order valence-corrected chi connectivity index (χ3v) is 4.34. The minimum atomic E-state index is -0.487. The van der Waals surface area contributed by atoms with Crippen molar-refractivity contribution in [3.63, 3.8) is 0 Å². The normalized spacial score (nSPS) is 10.3. The smallest absolute Gasteiger partial charge is 0.269 e. The molecule has 1 N–H and O–H groups in total. The zero-order valence-electron chi connectivity index (χ0n) is 15.9. The molecule has 0 saturated carbocycles. The van der Waals surface area contributed by atoms with Gasteiger partial charge in [-0.1, -0.05) is 48.5 Å². The Morgan fingerprint density at radius 3 is 2.21 bits per heavy atom. The first-order chi connectivity index (χ1) is 13.5. The van der Waals surface area contributed by atoms with Crippen molar-refractivity contribution in [2.45, 2.75) is 13.1 Å². The maximum absolute atomic E-state index is 12.5. The molecule has 29 heavy (non-hydrogen) atoms. The van der Waals surface area contributed by atoms with Crippen LogP contribution < -0.4 is 5.32 Å². The van der Waals surface area contributed by atoms with Crippen LogP contribution in [-0.2, 0) is 13.1 Å². The predicted octanol–water partition coefficient (Wildman–Crippen LogP) is 4.90.